The monoisotopic (exact) mass is 297 g/mol. The first-order valence-electron chi connectivity index (χ1n) is 8.85. The van der Waals surface area contributed by atoms with Crippen LogP contribution in [0.5, 0.6) is 0 Å². The van der Waals surface area contributed by atoms with Crippen LogP contribution in [0, 0.1) is 23.2 Å². The van der Waals surface area contributed by atoms with E-state index in [2.05, 4.69) is 60.7 Å². The van der Waals surface area contributed by atoms with Crippen molar-refractivity contribution < 1.29 is 4.74 Å². The Bertz CT molecular complexity index is 298. The summed E-state index contributed by atoms with van der Waals surface area (Å²) < 4.78 is 5.98. The van der Waals surface area contributed by atoms with Crippen molar-refractivity contribution in [1.82, 2.24) is 5.32 Å². The van der Waals surface area contributed by atoms with Crippen LogP contribution in [0.2, 0.25) is 0 Å². The van der Waals surface area contributed by atoms with Crippen molar-refractivity contribution >= 4 is 0 Å². The summed E-state index contributed by atoms with van der Waals surface area (Å²) in [6, 6.07) is 0. The fraction of sp³-hybridized carbons (Fsp3) is 1.00. The van der Waals surface area contributed by atoms with E-state index in [0.29, 0.717) is 17.4 Å². The van der Waals surface area contributed by atoms with E-state index in [-0.39, 0.29) is 5.54 Å². The van der Waals surface area contributed by atoms with Crippen molar-refractivity contribution in [2.75, 3.05) is 13.2 Å². The van der Waals surface area contributed by atoms with Gasteiger partial charge in [-0.1, -0.05) is 20.8 Å². The summed E-state index contributed by atoms with van der Waals surface area (Å²) in [5.41, 5.74) is 0.642. The Morgan fingerprint density at radius 3 is 2.10 bits per heavy atom. The van der Waals surface area contributed by atoms with Gasteiger partial charge in [-0.25, -0.2) is 0 Å². The molecule has 0 radical (unpaired) electrons. The van der Waals surface area contributed by atoms with Crippen molar-refractivity contribution in [3.63, 3.8) is 0 Å². The maximum absolute atomic E-state index is 5.98. The van der Waals surface area contributed by atoms with Gasteiger partial charge in [0.1, 0.15) is 0 Å². The average molecular weight is 298 g/mol. The van der Waals surface area contributed by atoms with Crippen LogP contribution in [0.4, 0.5) is 0 Å². The summed E-state index contributed by atoms with van der Waals surface area (Å²) in [4.78, 5) is 0. The third-order valence-corrected chi connectivity index (χ3v) is 4.90. The van der Waals surface area contributed by atoms with Crippen LogP contribution in [-0.2, 0) is 4.74 Å². The average Bonchev–Trinajstić information content (AvgIpc) is 2.32. The quantitative estimate of drug-likeness (QED) is 0.781. The van der Waals surface area contributed by atoms with E-state index in [4.69, 9.17) is 4.74 Å². The van der Waals surface area contributed by atoms with Crippen LogP contribution < -0.4 is 5.32 Å². The lowest BCUT2D eigenvalue weighted by molar-refractivity contribution is -0.00291. The van der Waals surface area contributed by atoms with Crippen molar-refractivity contribution in [1.29, 1.82) is 0 Å². The van der Waals surface area contributed by atoms with Crippen LogP contribution in [0.3, 0.4) is 0 Å². The molecule has 126 valence electrons. The highest BCUT2D eigenvalue weighted by Crippen LogP contribution is 2.42. The Labute approximate surface area is 133 Å². The van der Waals surface area contributed by atoms with Crippen molar-refractivity contribution in [3.8, 4) is 0 Å². The molecule has 1 fully saturated rings. The van der Waals surface area contributed by atoms with Gasteiger partial charge in [-0.15, -0.1) is 0 Å². The Morgan fingerprint density at radius 1 is 1.00 bits per heavy atom. The first kappa shape index (κ1) is 19.0. The minimum atomic E-state index is 0.213. The summed E-state index contributed by atoms with van der Waals surface area (Å²) in [5, 5.41) is 3.71. The lowest BCUT2D eigenvalue weighted by Crippen LogP contribution is -2.44. The first-order chi connectivity index (χ1) is 9.49. The molecule has 1 rings (SSSR count). The predicted molar refractivity (Wildman–Crippen MR) is 92.6 cm³/mol. The second kappa shape index (κ2) is 7.46. The van der Waals surface area contributed by atoms with Gasteiger partial charge in [0.25, 0.3) is 0 Å². The molecule has 2 nitrogen and oxygen atoms in total. The van der Waals surface area contributed by atoms with Gasteiger partial charge in [0, 0.05) is 5.54 Å². The molecule has 0 aromatic rings. The minimum absolute atomic E-state index is 0.213. The smallest absolute Gasteiger partial charge is 0.0519 e. The predicted octanol–water partition coefficient (Wildman–Crippen LogP) is 4.88. The number of nitrogens with one attached hydrogen (secondary N) is 1. The lowest BCUT2D eigenvalue weighted by atomic mass is 9.65. The highest BCUT2D eigenvalue weighted by molar-refractivity contribution is 4.87. The van der Waals surface area contributed by atoms with Gasteiger partial charge in [-0.2, -0.15) is 0 Å². The Balaban J connectivity index is 2.63. The molecule has 21 heavy (non-hydrogen) atoms. The lowest BCUT2D eigenvalue weighted by Gasteiger charge is -2.42. The van der Waals surface area contributed by atoms with E-state index in [1.54, 1.807) is 0 Å². The SMILES string of the molecule is CC(C)OCC1CC(C(C)(C)C)CCC1CNC(C)(C)C. The van der Waals surface area contributed by atoms with Gasteiger partial charge >= 0.3 is 0 Å². The normalized spacial score (nSPS) is 28.1. The van der Waals surface area contributed by atoms with Crippen molar-refractivity contribution in [2.24, 2.45) is 23.2 Å². The van der Waals surface area contributed by atoms with E-state index >= 15 is 0 Å². The van der Waals surface area contributed by atoms with Crippen LogP contribution in [0.1, 0.15) is 74.7 Å². The molecule has 0 amide bonds. The molecule has 1 aliphatic rings. The molecule has 0 aliphatic heterocycles. The fourth-order valence-corrected chi connectivity index (χ4v) is 3.34. The standard InChI is InChI=1S/C19H39NO/c1-14(2)21-13-16-11-17(18(3,4)5)10-9-15(16)12-20-19(6,7)8/h14-17,20H,9-13H2,1-8H3. The second-order valence-electron chi connectivity index (χ2n) is 9.41. The Kier molecular flexibility index (Phi) is 6.74. The summed E-state index contributed by atoms with van der Waals surface area (Å²) >= 11 is 0. The molecular weight excluding hydrogens is 258 g/mol. The molecule has 0 heterocycles. The zero-order chi connectivity index (χ0) is 16.3. The first-order valence-corrected chi connectivity index (χ1v) is 8.85. The van der Waals surface area contributed by atoms with Crippen molar-refractivity contribution in [2.45, 2.75) is 86.3 Å². The molecule has 3 atom stereocenters. The highest BCUT2D eigenvalue weighted by atomic mass is 16.5. The van der Waals surface area contributed by atoms with Crippen LogP contribution >= 0.6 is 0 Å². The third kappa shape index (κ3) is 7.15. The largest absolute Gasteiger partial charge is 0.378 e. The van der Waals surface area contributed by atoms with Crippen LogP contribution in [0.15, 0.2) is 0 Å². The van der Waals surface area contributed by atoms with Crippen LogP contribution in [0.25, 0.3) is 0 Å². The van der Waals surface area contributed by atoms with Crippen LogP contribution in [-0.4, -0.2) is 24.8 Å². The molecule has 1 aliphatic carbocycles. The zero-order valence-corrected chi connectivity index (χ0v) is 15.8. The maximum Gasteiger partial charge on any atom is 0.0519 e. The molecule has 0 bridgehead atoms. The second-order valence-corrected chi connectivity index (χ2v) is 9.41. The third-order valence-electron chi connectivity index (χ3n) is 4.90. The maximum atomic E-state index is 5.98. The molecule has 2 heteroatoms. The Morgan fingerprint density at radius 2 is 1.62 bits per heavy atom. The molecule has 1 N–H and O–H groups in total. The van der Waals surface area contributed by atoms with Gasteiger partial charge in [0.2, 0.25) is 0 Å². The highest BCUT2D eigenvalue weighted by Gasteiger charge is 2.36. The number of rotatable bonds is 5. The summed E-state index contributed by atoms with van der Waals surface area (Å²) in [6.45, 7) is 20.3. The molecule has 0 saturated heterocycles. The zero-order valence-electron chi connectivity index (χ0n) is 15.8. The molecule has 0 aromatic heterocycles. The van der Waals surface area contributed by atoms with Gasteiger partial charge < -0.3 is 10.1 Å². The van der Waals surface area contributed by atoms with Gasteiger partial charge in [0.15, 0.2) is 0 Å². The summed E-state index contributed by atoms with van der Waals surface area (Å²) in [6.07, 6.45) is 4.39. The van der Waals surface area contributed by atoms with Gasteiger partial charge in [-0.3, -0.25) is 0 Å². The Hall–Kier alpha value is -0.0800. The van der Waals surface area contributed by atoms with Gasteiger partial charge in [-0.05, 0) is 83.6 Å². The molecule has 0 spiro atoms. The van der Waals surface area contributed by atoms with E-state index in [1.165, 1.54) is 19.3 Å². The number of hydrogen-bond acceptors (Lipinski definition) is 2. The van der Waals surface area contributed by atoms with Crippen molar-refractivity contribution in [3.05, 3.63) is 0 Å². The van der Waals surface area contributed by atoms with E-state index in [0.717, 1.165) is 25.0 Å². The van der Waals surface area contributed by atoms with E-state index < -0.39 is 0 Å². The van der Waals surface area contributed by atoms with E-state index in [1.807, 2.05) is 0 Å². The topological polar surface area (TPSA) is 21.3 Å². The summed E-state index contributed by atoms with van der Waals surface area (Å²) in [5.74, 6) is 2.31. The van der Waals surface area contributed by atoms with E-state index in [9.17, 15) is 0 Å². The fourth-order valence-electron chi connectivity index (χ4n) is 3.34. The summed E-state index contributed by atoms with van der Waals surface area (Å²) in [7, 11) is 0. The molecule has 0 aromatic carbocycles. The molecule has 3 unspecified atom stereocenters. The number of hydrogen-bond donors (Lipinski definition) is 1. The van der Waals surface area contributed by atoms with Gasteiger partial charge in [0.05, 0.1) is 12.7 Å². The number of ether oxygens (including phenoxy) is 1. The minimum Gasteiger partial charge on any atom is -0.378 e. The molecule has 1 saturated carbocycles. The molecular formula is C19H39NO.